The highest BCUT2D eigenvalue weighted by Crippen LogP contribution is 2.46. The number of nitrogens with zero attached hydrogens (tertiary/aromatic N) is 4. The zero-order valence-electron chi connectivity index (χ0n) is 27.1. The Morgan fingerprint density at radius 1 is 0.431 bits per heavy atom. The Balaban J connectivity index is 1.24. The predicted molar refractivity (Wildman–Crippen MR) is 211 cm³/mol. The first kappa shape index (κ1) is 28.2. The van der Waals surface area contributed by atoms with Crippen molar-refractivity contribution in [2.24, 2.45) is 0 Å². The highest BCUT2D eigenvalue weighted by Gasteiger charge is 2.23. The third-order valence-corrected chi connectivity index (χ3v) is 11.1. The number of hydrogen-bond acceptors (Lipinski definition) is 5. The summed E-state index contributed by atoms with van der Waals surface area (Å²) < 4.78 is 11.1. The van der Waals surface area contributed by atoms with Gasteiger partial charge >= 0.3 is 0 Å². The number of aromatic nitrogens is 4. The Morgan fingerprint density at radius 2 is 1.06 bits per heavy atom. The molecular weight excluding hydrogens is 645 g/mol. The third-order valence-electron chi connectivity index (χ3n) is 9.86. The van der Waals surface area contributed by atoms with Gasteiger partial charge in [-0.2, -0.15) is 0 Å². The molecule has 11 rings (SSSR count). The summed E-state index contributed by atoms with van der Waals surface area (Å²) in [6.07, 6.45) is 0. The maximum absolute atomic E-state index is 6.36. The molecule has 0 unspecified atom stereocenters. The second-order valence-electron chi connectivity index (χ2n) is 12.8. The lowest BCUT2D eigenvalue weighted by Crippen LogP contribution is -2.01. The summed E-state index contributed by atoms with van der Waals surface area (Å²) in [5.74, 6) is 1.95. The Labute approximate surface area is 295 Å². The number of furan rings is 1. The van der Waals surface area contributed by atoms with E-state index in [2.05, 4.69) is 114 Å². The van der Waals surface area contributed by atoms with Crippen LogP contribution in [0.25, 0.3) is 104 Å². The first-order valence-corrected chi connectivity index (χ1v) is 17.8. The average molecular weight is 671 g/mol. The van der Waals surface area contributed by atoms with E-state index in [1.54, 1.807) is 11.3 Å². The minimum absolute atomic E-state index is 0.650. The Hall–Kier alpha value is -6.63. The molecule has 0 N–H and O–H groups in total. The summed E-state index contributed by atoms with van der Waals surface area (Å²) in [4.78, 5) is 15.2. The van der Waals surface area contributed by atoms with Gasteiger partial charge in [-0.15, -0.1) is 11.3 Å². The van der Waals surface area contributed by atoms with Gasteiger partial charge in [0.15, 0.2) is 17.5 Å². The fourth-order valence-corrected chi connectivity index (χ4v) is 8.87. The highest BCUT2D eigenvalue weighted by molar-refractivity contribution is 7.26. The van der Waals surface area contributed by atoms with Gasteiger partial charge in [-0.25, -0.2) is 15.0 Å². The average Bonchev–Trinajstić information content (AvgIpc) is 3.88. The molecule has 4 aromatic heterocycles. The first-order chi connectivity index (χ1) is 25.3. The molecule has 0 saturated carbocycles. The van der Waals surface area contributed by atoms with Crippen LogP contribution >= 0.6 is 11.3 Å². The van der Waals surface area contributed by atoms with Crippen LogP contribution in [-0.4, -0.2) is 19.5 Å². The van der Waals surface area contributed by atoms with Crippen LogP contribution < -0.4 is 0 Å². The van der Waals surface area contributed by atoms with Gasteiger partial charge in [0.25, 0.3) is 0 Å². The van der Waals surface area contributed by atoms with Gasteiger partial charge in [-0.3, -0.25) is 0 Å². The van der Waals surface area contributed by atoms with E-state index in [9.17, 15) is 0 Å². The lowest BCUT2D eigenvalue weighted by atomic mass is 10.0. The van der Waals surface area contributed by atoms with Crippen molar-refractivity contribution in [2.45, 2.75) is 0 Å². The molecule has 51 heavy (non-hydrogen) atoms. The summed E-state index contributed by atoms with van der Waals surface area (Å²) in [5.41, 5.74) is 8.07. The van der Waals surface area contributed by atoms with E-state index in [1.807, 2.05) is 48.5 Å². The first-order valence-electron chi connectivity index (χ1n) is 17.0. The molecule has 0 saturated heterocycles. The number of rotatable bonds is 4. The second kappa shape index (κ2) is 10.9. The van der Waals surface area contributed by atoms with Crippen molar-refractivity contribution in [3.8, 4) is 39.9 Å². The minimum atomic E-state index is 0.650. The van der Waals surface area contributed by atoms with Crippen molar-refractivity contribution in [2.75, 3.05) is 0 Å². The van der Waals surface area contributed by atoms with Gasteiger partial charge in [0.05, 0.1) is 16.7 Å². The van der Waals surface area contributed by atoms with Crippen molar-refractivity contribution in [3.05, 3.63) is 158 Å². The molecule has 6 heteroatoms. The van der Waals surface area contributed by atoms with Gasteiger partial charge in [0, 0.05) is 58.4 Å². The van der Waals surface area contributed by atoms with Gasteiger partial charge in [0.1, 0.15) is 11.2 Å². The predicted octanol–water partition coefficient (Wildman–Crippen LogP) is 12.2. The van der Waals surface area contributed by atoms with Crippen molar-refractivity contribution >= 4 is 75.3 Å². The molecule has 0 aliphatic rings. The van der Waals surface area contributed by atoms with Crippen LogP contribution in [0.2, 0.25) is 0 Å². The molecule has 0 amide bonds. The molecular formula is C45H26N4OS. The van der Waals surface area contributed by atoms with E-state index < -0.39 is 0 Å². The molecule has 7 aromatic carbocycles. The van der Waals surface area contributed by atoms with Gasteiger partial charge in [-0.05, 0) is 42.5 Å². The van der Waals surface area contributed by atoms with Gasteiger partial charge in [-0.1, -0.05) is 115 Å². The van der Waals surface area contributed by atoms with Crippen LogP contribution in [0.15, 0.2) is 162 Å². The van der Waals surface area contributed by atoms with E-state index in [1.165, 1.54) is 26.2 Å². The van der Waals surface area contributed by atoms with Crippen molar-refractivity contribution in [3.63, 3.8) is 0 Å². The normalized spacial score (nSPS) is 11.9. The fraction of sp³-hybridized carbons (Fsp3) is 0. The standard InChI is InChI=1S/C45H26N4OS/c1-3-13-27(14-4-1)43-46-44(28-15-5-2-6-16-28)48-45(47-43)32-23-24-35(40-31-19-9-12-22-38(31)51-42(32)40)49-33-20-10-7-17-29(33)39-34(49)25-26-37-41(39)30-18-8-11-21-36(30)50-37/h1-26H. The summed E-state index contributed by atoms with van der Waals surface area (Å²) in [6, 6.07) is 54.8. The van der Waals surface area contributed by atoms with Crippen molar-refractivity contribution in [1.82, 2.24) is 19.5 Å². The number of hydrogen-bond donors (Lipinski definition) is 0. The number of benzene rings is 7. The van der Waals surface area contributed by atoms with Crippen LogP contribution in [-0.2, 0) is 0 Å². The molecule has 0 bridgehead atoms. The quantitative estimate of drug-likeness (QED) is 0.187. The summed E-state index contributed by atoms with van der Waals surface area (Å²) in [6.45, 7) is 0. The fourth-order valence-electron chi connectivity index (χ4n) is 7.64. The second-order valence-corrected chi connectivity index (χ2v) is 13.8. The zero-order valence-corrected chi connectivity index (χ0v) is 27.9. The van der Waals surface area contributed by atoms with Crippen LogP contribution in [0, 0.1) is 0 Å². The molecule has 11 aromatic rings. The molecule has 5 nitrogen and oxygen atoms in total. The lowest BCUT2D eigenvalue weighted by Gasteiger charge is -2.13. The molecule has 0 spiro atoms. The van der Waals surface area contributed by atoms with E-state index in [0.29, 0.717) is 17.5 Å². The lowest BCUT2D eigenvalue weighted by molar-refractivity contribution is 0.669. The maximum Gasteiger partial charge on any atom is 0.165 e. The number of thiophene rings is 1. The Kier molecular flexibility index (Phi) is 6.05. The number of para-hydroxylation sites is 2. The van der Waals surface area contributed by atoms with Gasteiger partial charge < -0.3 is 8.98 Å². The summed E-state index contributed by atoms with van der Waals surface area (Å²) >= 11 is 1.79. The molecule has 0 aliphatic carbocycles. The minimum Gasteiger partial charge on any atom is -0.456 e. The van der Waals surface area contributed by atoms with Crippen LogP contribution in [0.5, 0.6) is 0 Å². The molecule has 238 valence electrons. The van der Waals surface area contributed by atoms with E-state index in [4.69, 9.17) is 19.4 Å². The molecule has 4 heterocycles. The van der Waals surface area contributed by atoms with Crippen molar-refractivity contribution < 1.29 is 4.42 Å². The maximum atomic E-state index is 6.36. The Morgan fingerprint density at radius 3 is 1.82 bits per heavy atom. The molecule has 0 atom stereocenters. The van der Waals surface area contributed by atoms with Crippen LogP contribution in [0.3, 0.4) is 0 Å². The number of fused-ring (bicyclic) bond motifs is 10. The zero-order chi connectivity index (χ0) is 33.5. The topological polar surface area (TPSA) is 56.7 Å². The largest absolute Gasteiger partial charge is 0.456 e. The van der Waals surface area contributed by atoms with Gasteiger partial charge in [0.2, 0.25) is 0 Å². The van der Waals surface area contributed by atoms with Crippen LogP contribution in [0.1, 0.15) is 0 Å². The smallest absolute Gasteiger partial charge is 0.165 e. The monoisotopic (exact) mass is 670 g/mol. The summed E-state index contributed by atoms with van der Waals surface area (Å²) in [5, 5.41) is 7.04. The molecule has 0 radical (unpaired) electrons. The third kappa shape index (κ3) is 4.24. The van der Waals surface area contributed by atoms with E-state index >= 15 is 0 Å². The van der Waals surface area contributed by atoms with Crippen LogP contribution in [0.4, 0.5) is 0 Å². The van der Waals surface area contributed by atoms with E-state index in [-0.39, 0.29) is 0 Å². The Bertz CT molecular complexity index is 3080. The molecule has 0 aliphatic heterocycles. The summed E-state index contributed by atoms with van der Waals surface area (Å²) in [7, 11) is 0. The molecule has 0 fully saturated rings. The van der Waals surface area contributed by atoms with E-state index in [0.717, 1.165) is 60.0 Å². The highest BCUT2D eigenvalue weighted by atomic mass is 32.1. The SMILES string of the molecule is c1ccc(-c2nc(-c3ccccc3)nc(-c3ccc(-n4c5ccccc5c5c6c(ccc54)oc4ccccc46)c4c3sc3ccccc34)n2)cc1. The van der Waals surface area contributed by atoms with Crippen molar-refractivity contribution in [1.29, 1.82) is 0 Å².